The molecular formula is C18H22N4O3. The smallest absolute Gasteiger partial charge is 0.323 e. The fourth-order valence-electron chi connectivity index (χ4n) is 2.63. The fourth-order valence-corrected chi connectivity index (χ4v) is 2.63. The number of nitrogens with zero attached hydrogens (tertiary/aromatic N) is 3. The first kappa shape index (κ1) is 17.2. The lowest BCUT2D eigenvalue weighted by Gasteiger charge is -2.26. The van der Waals surface area contributed by atoms with Gasteiger partial charge in [0.15, 0.2) is 5.82 Å². The highest BCUT2D eigenvalue weighted by Crippen LogP contribution is 2.16. The highest BCUT2D eigenvalue weighted by Gasteiger charge is 2.17. The van der Waals surface area contributed by atoms with Crippen LogP contribution in [0.15, 0.2) is 30.6 Å². The number of aromatic nitrogens is 2. The van der Waals surface area contributed by atoms with Crippen molar-refractivity contribution in [1.82, 2.24) is 14.9 Å². The van der Waals surface area contributed by atoms with E-state index in [1.54, 1.807) is 4.90 Å². The summed E-state index contributed by atoms with van der Waals surface area (Å²) in [5, 5.41) is 2.73. The summed E-state index contributed by atoms with van der Waals surface area (Å²) in [5.74, 6) is 0.822. The molecule has 2 aromatic rings. The van der Waals surface area contributed by atoms with E-state index in [1.165, 1.54) is 23.5 Å². The molecule has 0 spiro atoms. The Balaban J connectivity index is 1.56. The van der Waals surface area contributed by atoms with E-state index in [0.717, 1.165) is 5.56 Å². The van der Waals surface area contributed by atoms with Gasteiger partial charge in [-0.05, 0) is 30.5 Å². The van der Waals surface area contributed by atoms with Gasteiger partial charge in [0.2, 0.25) is 5.88 Å². The number of nitrogens with one attached hydrogen (secondary N) is 1. The summed E-state index contributed by atoms with van der Waals surface area (Å²) in [7, 11) is 0. The SMILES string of the molecule is Cc1cccc(C)c1COc1cnc(NC(=O)N2CCOCC2)cn1. The summed E-state index contributed by atoms with van der Waals surface area (Å²) >= 11 is 0. The third-order valence-electron chi connectivity index (χ3n) is 4.17. The number of hydrogen-bond donors (Lipinski definition) is 1. The van der Waals surface area contributed by atoms with Crippen molar-refractivity contribution >= 4 is 11.8 Å². The van der Waals surface area contributed by atoms with Crippen LogP contribution in [-0.4, -0.2) is 47.2 Å². The Kier molecular flexibility index (Phi) is 5.45. The maximum atomic E-state index is 12.1. The molecule has 1 aliphatic rings. The fraction of sp³-hybridized carbons (Fsp3) is 0.389. The normalized spacial score (nSPS) is 14.2. The number of amides is 2. The van der Waals surface area contributed by atoms with E-state index in [-0.39, 0.29) is 6.03 Å². The first-order chi connectivity index (χ1) is 12.1. The number of rotatable bonds is 4. The van der Waals surface area contributed by atoms with Crippen LogP contribution in [-0.2, 0) is 11.3 Å². The van der Waals surface area contributed by atoms with E-state index in [1.807, 2.05) is 6.07 Å². The van der Waals surface area contributed by atoms with Crippen LogP contribution in [0.3, 0.4) is 0 Å². The molecule has 25 heavy (non-hydrogen) atoms. The monoisotopic (exact) mass is 342 g/mol. The molecule has 1 aromatic heterocycles. The maximum absolute atomic E-state index is 12.1. The average Bonchev–Trinajstić information content (AvgIpc) is 2.63. The first-order valence-electron chi connectivity index (χ1n) is 8.27. The van der Waals surface area contributed by atoms with E-state index in [4.69, 9.17) is 9.47 Å². The van der Waals surface area contributed by atoms with Gasteiger partial charge in [0.1, 0.15) is 6.61 Å². The van der Waals surface area contributed by atoms with Crippen LogP contribution >= 0.6 is 0 Å². The number of ether oxygens (including phenoxy) is 2. The Morgan fingerprint density at radius 2 is 1.92 bits per heavy atom. The summed E-state index contributed by atoms with van der Waals surface area (Å²) in [4.78, 5) is 22.2. The van der Waals surface area contributed by atoms with Gasteiger partial charge in [0.25, 0.3) is 0 Å². The van der Waals surface area contributed by atoms with Gasteiger partial charge in [-0.2, -0.15) is 0 Å². The number of carbonyl (C=O) groups excluding carboxylic acids is 1. The van der Waals surface area contributed by atoms with E-state index < -0.39 is 0 Å². The molecule has 7 heteroatoms. The number of aryl methyl sites for hydroxylation is 2. The van der Waals surface area contributed by atoms with E-state index >= 15 is 0 Å². The van der Waals surface area contributed by atoms with Gasteiger partial charge in [0, 0.05) is 13.1 Å². The molecule has 1 aromatic carbocycles. The quantitative estimate of drug-likeness (QED) is 0.924. The standard InChI is InChI=1S/C18H22N4O3/c1-13-4-3-5-14(2)15(13)12-25-17-11-19-16(10-20-17)21-18(23)22-6-8-24-9-7-22/h3-5,10-11H,6-9,12H2,1-2H3,(H,19,21,23). The minimum atomic E-state index is -0.193. The highest BCUT2D eigenvalue weighted by molar-refractivity contribution is 5.88. The third kappa shape index (κ3) is 4.45. The zero-order chi connectivity index (χ0) is 17.6. The molecule has 3 rings (SSSR count). The molecule has 132 valence electrons. The number of benzene rings is 1. The van der Waals surface area contributed by atoms with Gasteiger partial charge >= 0.3 is 6.03 Å². The lowest BCUT2D eigenvalue weighted by atomic mass is 10.0. The van der Waals surface area contributed by atoms with Gasteiger partial charge in [-0.15, -0.1) is 0 Å². The van der Waals surface area contributed by atoms with Crippen LogP contribution in [0.1, 0.15) is 16.7 Å². The van der Waals surface area contributed by atoms with Crippen LogP contribution in [0.25, 0.3) is 0 Å². The van der Waals surface area contributed by atoms with Crippen molar-refractivity contribution in [1.29, 1.82) is 0 Å². The lowest BCUT2D eigenvalue weighted by molar-refractivity contribution is 0.0564. The molecule has 0 saturated carbocycles. The number of morpholine rings is 1. The summed E-state index contributed by atoms with van der Waals surface area (Å²) < 4.78 is 10.9. The molecule has 0 bridgehead atoms. The number of urea groups is 1. The summed E-state index contributed by atoms with van der Waals surface area (Å²) in [6.45, 7) is 6.83. The number of hydrogen-bond acceptors (Lipinski definition) is 5. The van der Waals surface area contributed by atoms with Crippen molar-refractivity contribution in [2.45, 2.75) is 20.5 Å². The molecule has 0 atom stereocenters. The molecule has 2 amide bonds. The van der Waals surface area contributed by atoms with Crippen molar-refractivity contribution < 1.29 is 14.3 Å². The second-order valence-electron chi connectivity index (χ2n) is 5.93. The Labute approximate surface area is 147 Å². The van der Waals surface area contributed by atoms with Crippen LogP contribution in [0.4, 0.5) is 10.6 Å². The van der Waals surface area contributed by atoms with Crippen LogP contribution in [0.2, 0.25) is 0 Å². The first-order valence-corrected chi connectivity index (χ1v) is 8.27. The van der Waals surface area contributed by atoms with Crippen molar-refractivity contribution in [2.75, 3.05) is 31.6 Å². The predicted octanol–water partition coefficient (Wildman–Crippen LogP) is 2.54. The van der Waals surface area contributed by atoms with E-state index in [2.05, 4.69) is 41.3 Å². The Bertz CT molecular complexity index is 707. The van der Waals surface area contributed by atoms with Gasteiger partial charge < -0.3 is 14.4 Å². The molecule has 2 heterocycles. The summed E-state index contributed by atoms with van der Waals surface area (Å²) in [6, 6.07) is 5.95. The molecular weight excluding hydrogens is 320 g/mol. The molecule has 1 N–H and O–H groups in total. The van der Waals surface area contributed by atoms with Gasteiger partial charge in [-0.25, -0.2) is 14.8 Å². The zero-order valence-corrected chi connectivity index (χ0v) is 14.5. The molecule has 0 aliphatic carbocycles. The molecule has 1 fully saturated rings. The Morgan fingerprint density at radius 1 is 1.20 bits per heavy atom. The molecule has 1 saturated heterocycles. The number of anilines is 1. The van der Waals surface area contributed by atoms with Crippen LogP contribution in [0.5, 0.6) is 5.88 Å². The average molecular weight is 342 g/mol. The van der Waals surface area contributed by atoms with Gasteiger partial charge in [-0.3, -0.25) is 5.32 Å². The lowest BCUT2D eigenvalue weighted by Crippen LogP contribution is -2.43. The molecule has 7 nitrogen and oxygen atoms in total. The second-order valence-corrected chi connectivity index (χ2v) is 5.93. The summed E-state index contributed by atoms with van der Waals surface area (Å²) in [5.41, 5.74) is 3.51. The minimum absolute atomic E-state index is 0.193. The van der Waals surface area contributed by atoms with Crippen molar-refractivity contribution in [3.05, 3.63) is 47.3 Å². The maximum Gasteiger partial charge on any atom is 0.323 e. The van der Waals surface area contributed by atoms with Crippen molar-refractivity contribution in [3.63, 3.8) is 0 Å². The van der Waals surface area contributed by atoms with Crippen molar-refractivity contribution in [2.24, 2.45) is 0 Å². The van der Waals surface area contributed by atoms with Gasteiger partial charge in [0.05, 0.1) is 25.6 Å². The predicted molar refractivity (Wildman–Crippen MR) is 93.7 cm³/mol. The van der Waals surface area contributed by atoms with E-state index in [0.29, 0.717) is 44.6 Å². The molecule has 1 aliphatic heterocycles. The van der Waals surface area contributed by atoms with Gasteiger partial charge in [-0.1, -0.05) is 18.2 Å². The third-order valence-corrected chi connectivity index (χ3v) is 4.17. The highest BCUT2D eigenvalue weighted by atomic mass is 16.5. The molecule has 0 unspecified atom stereocenters. The largest absolute Gasteiger partial charge is 0.472 e. The second kappa shape index (κ2) is 7.94. The Hall–Kier alpha value is -2.67. The topological polar surface area (TPSA) is 76.6 Å². The molecule has 0 radical (unpaired) electrons. The van der Waals surface area contributed by atoms with Crippen molar-refractivity contribution in [3.8, 4) is 5.88 Å². The van der Waals surface area contributed by atoms with E-state index in [9.17, 15) is 4.79 Å². The summed E-state index contributed by atoms with van der Waals surface area (Å²) in [6.07, 6.45) is 3.01. The minimum Gasteiger partial charge on any atom is -0.472 e. The number of carbonyl (C=O) groups is 1. The van der Waals surface area contributed by atoms with Crippen LogP contribution < -0.4 is 10.1 Å². The zero-order valence-electron chi connectivity index (χ0n) is 14.5. The Morgan fingerprint density at radius 3 is 2.56 bits per heavy atom. The van der Waals surface area contributed by atoms with Crippen LogP contribution in [0, 0.1) is 13.8 Å².